The van der Waals surface area contributed by atoms with Gasteiger partial charge in [-0.15, -0.1) is 0 Å². The standard InChI is InChI=1S/C46H44F3N7O5/c1-28(4-15-41(58)51-27-57)55-42(59)36-13-12-34(21-37(36)43(55)60)53-18-16-52(17-19-53)24-29-25-54(26-29)33-9-5-30(6-10-33)31-8-14-40-39(20-31)45(2,3)44(61)56(40)35-11-7-32(23-50)38(22-35)46(47,48)49/h5-14,20-22,27-29H,4,15-19,24-26H2,1-3H3,(H,51,57,58). The Morgan fingerprint density at radius 2 is 1.51 bits per heavy atom. The Kier molecular flexibility index (Phi) is 10.7. The third-order valence-corrected chi connectivity index (χ3v) is 12.5. The summed E-state index contributed by atoms with van der Waals surface area (Å²) in [5, 5.41) is 11.3. The predicted molar refractivity (Wildman–Crippen MR) is 222 cm³/mol. The number of hydrogen-bond acceptors (Lipinski definition) is 9. The average molecular weight is 832 g/mol. The molecule has 4 aliphatic rings. The highest BCUT2D eigenvalue weighted by Gasteiger charge is 2.46. The van der Waals surface area contributed by atoms with Gasteiger partial charge in [-0.25, -0.2) is 0 Å². The van der Waals surface area contributed by atoms with E-state index in [0.717, 1.165) is 80.4 Å². The monoisotopic (exact) mass is 831 g/mol. The first-order chi connectivity index (χ1) is 29.1. The van der Waals surface area contributed by atoms with Crippen molar-refractivity contribution in [3.63, 3.8) is 0 Å². The number of alkyl halides is 3. The average Bonchev–Trinajstić information content (AvgIpc) is 3.60. The lowest BCUT2D eigenvalue weighted by molar-refractivity contribution is -0.138. The Labute approximate surface area is 351 Å². The van der Waals surface area contributed by atoms with Gasteiger partial charge in [0.1, 0.15) is 0 Å². The summed E-state index contributed by atoms with van der Waals surface area (Å²) >= 11 is 0. The highest BCUT2D eigenvalue weighted by atomic mass is 19.4. The molecule has 0 spiro atoms. The number of rotatable bonds is 11. The third kappa shape index (κ3) is 7.61. The van der Waals surface area contributed by atoms with Crippen LogP contribution in [0.5, 0.6) is 0 Å². The number of fused-ring (bicyclic) bond motifs is 2. The zero-order chi connectivity index (χ0) is 43.4. The van der Waals surface area contributed by atoms with E-state index < -0.39 is 34.7 Å². The molecule has 15 heteroatoms. The van der Waals surface area contributed by atoms with Gasteiger partial charge in [0.05, 0.1) is 39.4 Å². The van der Waals surface area contributed by atoms with Crippen molar-refractivity contribution in [2.45, 2.75) is 51.2 Å². The molecule has 0 aromatic heterocycles. The van der Waals surface area contributed by atoms with E-state index in [1.165, 1.54) is 15.9 Å². The molecule has 0 radical (unpaired) electrons. The fraction of sp³-hybridized carbons (Fsp3) is 0.348. The van der Waals surface area contributed by atoms with E-state index in [1.807, 2.05) is 30.3 Å². The van der Waals surface area contributed by atoms with Gasteiger partial charge in [-0.05, 0) is 105 Å². The molecule has 0 aliphatic carbocycles. The molecule has 1 atom stereocenters. The Bertz CT molecular complexity index is 2480. The number of benzene rings is 4. The van der Waals surface area contributed by atoms with Crippen molar-refractivity contribution in [3.8, 4) is 17.2 Å². The second-order valence-electron chi connectivity index (χ2n) is 16.7. The van der Waals surface area contributed by atoms with Gasteiger partial charge in [-0.1, -0.05) is 18.2 Å². The van der Waals surface area contributed by atoms with Gasteiger partial charge >= 0.3 is 6.18 Å². The summed E-state index contributed by atoms with van der Waals surface area (Å²) in [6.07, 6.45) is -4.16. The Morgan fingerprint density at radius 1 is 0.852 bits per heavy atom. The topological polar surface area (TPSA) is 137 Å². The molecule has 5 amide bonds. The van der Waals surface area contributed by atoms with Crippen molar-refractivity contribution in [2.24, 2.45) is 5.92 Å². The van der Waals surface area contributed by atoms with Crippen LogP contribution in [0.4, 0.5) is 35.9 Å². The third-order valence-electron chi connectivity index (χ3n) is 12.5. The number of hydrogen-bond donors (Lipinski definition) is 1. The van der Waals surface area contributed by atoms with Crippen LogP contribution in [0.3, 0.4) is 0 Å². The SMILES string of the molecule is CC(CCC(=O)NC=O)N1C(=O)c2ccc(N3CCN(CC4CN(c5ccc(-c6ccc7c(c6)C(C)(C)C(=O)N7c6ccc(C#N)c(C(F)(F)F)c6)cc5)C4)CC3)cc2C1=O. The molecule has 1 N–H and O–H groups in total. The quantitative estimate of drug-likeness (QED) is 0.133. The van der Waals surface area contributed by atoms with Gasteiger partial charge < -0.3 is 9.80 Å². The maximum Gasteiger partial charge on any atom is 0.417 e. The van der Waals surface area contributed by atoms with E-state index in [4.69, 9.17) is 0 Å². The van der Waals surface area contributed by atoms with Crippen LogP contribution in [0.25, 0.3) is 11.1 Å². The second kappa shape index (κ2) is 15.8. The van der Waals surface area contributed by atoms with Gasteiger partial charge in [0, 0.05) is 81.3 Å². The zero-order valence-electron chi connectivity index (χ0n) is 34.0. The number of carbonyl (C=O) groups excluding carboxylic acids is 5. The number of carbonyl (C=O) groups is 5. The fourth-order valence-electron chi connectivity index (χ4n) is 8.94. The Balaban J connectivity index is 0.846. The number of anilines is 4. The summed E-state index contributed by atoms with van der Waals surface area (Å²) in [7, 11) is 0. The summed E-state index contributed by atoms with van der Waals surface area (Å²) < 4.78 is 41.4. The number of nitriles is 1. The van der Waals surface area contributed by atoms with Gasteiger partial charge in [0.2, 0.25) is 18.2 Å². The first-order valence-corrected chi connectivity index (χ1v) is 20.3. The van der Waals surface area contributed by atoms with Crippen LogP contribution in [-0.2, 0) is 26.0 Å². The maximum atomic E-state index is 13.8. The first kappa shape index (κ1) is 41.2. The minimum atomic E-state index is -4.75. The van der Waals surface area contributed by atoms with Crippen molar-refractivity contribution < 1.29 is 37.1 Å². The van der Waals surface area contributed by atoms with Crippen LogP contribution in [0, 0.1) is 17.2 Å². The largest absolute Gasteiger partial charge is 0.417 e. The van der Waals surface area contributed by atoms with E-state index in [9.17, 15) is 42.4 Å². The van der Waals surface area contributed by atoms with Gasteiger partial charge in [-0.2, -0.15) is 18.4 Å². The van der Waals surface area contributed by atoms with Crippen molar-refractivity contribution in [2.75, 3.05) is 60.5 Å². The molecule has 12 nitrogen and oxygen atoms in total. The molecule has 4 aliphatic heterocycles. The summed E-state index contributed by atoms with van der Waals surface area (Å²) in [4.78, 5) is 71.9. The molecule has 0 saturated carbocycles. The van der Waals surface area contributed by atoms with E-state index in [1.54, 1.807) is 45.0 Å². The molecule has 1 unspecified atom stereocenters. The maximum absolute atomic E-state index is 13.8. The molecule has 2 saturated heterocycles. The zero-order valence-corrected chi connectivity index (χ0v) is 34.0. The summed E-state index contributed by atoms with van der Waals surface area (Å²) in [5.74, 6) is -1.05. The van der Waals surface area contributed by atoms with Crippen LogP contribution >= 0.6 is 0 Å². The molecule has 4 aromatic carbocycles. The minimum Gasteiger partial charge on any atom is -0.371 e. The van der Waals surface area contributed by atoms with E-state index in [-0.39, 0.29) is 36.3 Å². The van der Waals surface area contributed by atoms with Crippen LogP contribution in [0.15, 0.2) is 78.9 Å². The highest BCUT2D eigenvalue weighted by Crippen LogP contribution is 2.48. The summed E-state index contributed by atoms with van der Waals surface area (Å²) in [6, 6.07) is 23.6. The van der Waals surface area contributed by atoms with Crippen molar-refractivity contribution >= 4 is 52.8 Å². The number of nitrogens with one attached hydrogen (secondary N) is 1. The first-order valence-electron chi connectivity index (χ1n) is 20.3. The molecule has 8 rings (SSSR count). The number of halogens is 3. The van der Waals surface area contributed by atoms with Crippen molar-refractivity contribution in [1.29, 1.82) is 5.26 Å². The molecular weight excluding hydrogens is 788 g/mol. The van der Waals surface area contributed by atoms with E-state index in [0.29, 0.717) is 34.7 Å². The molecule has 2 fully saturated rings. The minimum absolute atomic E-state index is 0.0201. The van der Waals surface area contributed by atoms with Crippen LogP contribution in [0.1, 0.15) is 71.0 Å². The Morgan fingerprint density at radius 3 is 2.18 bits per heavy atom. The molecular formula is C46H44F3N7O5. The molecule has 4 heterocycles. The van der Waals surface area contributed by atoms with Gasteiger partial charge in [0.25, 0.3) is 11.8 Å². The predicted octanol–water partition coefficient (Wildman–Crippen LogP) is 6.50. The number of piperazine rings is 1. The lowest BCUT2D eigenvalue weighted by Crippen LogP contribution is -2.55. The molecule has 0 bridgehead atoms. The van der Waals surface area contributed by atoms with E-state index >= 15 is 0 Å². The Hall–Kier alpha value is -6.53. The summed E-state index contributed by atoms with van der Waals surface area (Å²) in [6.45, 7) is 11.4. The number of nitrogens with zero attached hydrogens (tertiary/aromatic N) is 6. The van der Waals surface area contributed by atoms with Crippen molar-refractivity contribution in [1.82, 2.24) is 15.1 Å². The van der Waals surface area contributed by atoms with E-state index in [2.05, 4.69) is 32.1 Å². The smallest absolute Gasteiger partial charge is 0.371 e. The molecule has 61 heavy (non-hydrogen) atoms. The van der Waals surface area contributed by atoms with Gasteiger partial charge in [-0.3, -0.25) is 44.0 Å². The molecule has 314 valence electrons. The summed E-state index contributed by atoms with van der Waals surface area (Å²) in [5.41, 5.74) is 3.25. The lowest BCUT2D eigenvalue weighted by atomic mass is 9.84. The second-order valence-corrected chi connectivity index (χ2v) is 16.7. The molecule has 4 aromatic rings. The van der Waals surface area contributed by atoms with Gasteiger partial charge in [0.15, 0.2) is 0 Å². The lowest BCUT2D eigenvalue weighted by Gasteiger charge is -2.45. The fourth-order valence-corrected chi connectivity index (χ4v) is 8.94. The normalized spacial score (nSPS) is 18.1. The van der Waals surface area contributed by atoms with Crippen LogP contribution in [0.2, 0.25) is 0 Å². The number of imide groups is 2. The van der Waals surface area contributed by atoms with Crippen LogP contribution < -0.4 is 20.0 Å². The van der Waals surface area contributed by atoms with Crippen LogP contribution in [-0.4, -0.2) is 91.7 Å². The number of amides is 5. The van der Waals surface area contributed by atoms with Crippen molar-refractivity contribution in [3.05, 3.63) is 107 Å². The highest BCUT2D eigenvalue weighted by molar-refractivity contribution is 6.22.